The van der Waals surface area contributed by atoms with Crippen molar-refractivity contribution in [1.82, 2.24) is 0 Å². The van der Waals surface area contributed by atoms with Gasteiger partial charge in [-0.15, -0.1) is 0 Å². The Bertz CT molecular complexity index is 189. The summed E-state index contributed by atoms with van der Waals surface area (Å²) in [6.45, 7) is 6.37. The third-order valence-electron chi connectivity index (χ3n) is 2.37. The van der Waals surface area contributed by atoms with Crippen molar-refractivity contribution < 1.29 is 4.79 Å². The predicted molar refractivity (Wildman–Crippen MR) is 46.3 cm³/mol. The maximum absolute atomic E-state index is 11.1. The van der Waals surface area contributed by atoms with Gasteiger partial charge in [-0.05, 0) is 12.3 Å². The van der Waals surface area contributed by atoms with E-state index in [2.05, 4.69) is 19.9 Å². The Morgan fingerprint density at radius 2 is 2.09 bits per heavy atom. The first-order chi connectivity index (χ1) is 5.11. The Kier molecular flexibility index (Phi) is 2.48. The second-order valence-corrected chi connectivity index (χ2v) is 3.65. The maximum atomic E-state index is 11.1. The van der Waals surface area contributed by atoms with Crippen LogP contribution in [0.15, 0.2) is 11.6 Å². The average molecular weight is 152 g/mol. The number of rotatable bonds is 1. The van der Waals surface area contributed by atoms with Crippen LogP contribution in [0.3, 0.4) is 0 Å². The van der Waals surface area contributed by atoms with Crippen LogP contribution in [0.1, 0.15) is 33.6 Å². The molecule has 0 aromatic heterocycles. The molecule has 1 nitrogen and oxygen atoms in total. The summed E-state index contributed by atoms with van der Waals surface area (Å²) in [5.74, 6) is 1.18. The molecule has 1 unspecified atom stereocenters. The first-order valence-electron chi connectivity index (χ1n) is 4.34. The molecule has 0 spiro atoms. The van der Waals surface area contributed by atoms with Gasteiger partial charge in [0.25, 0.3) is 0 Å². The second kappa shape index (κ2) is 3.21. The van der Waals surface area contributed by atoms with Crippen molar-refractivity contribution in [3.8, 4) is 0 Å². The average Bonchev–Trinajstić information content (AvgIpc) is 1.94. The van der Waals surface area contributed by atoms with Gasteiger partial charge in [-0.3, -0.25) is 4.79 Å². The molecule has 0 saturated heterocycles. The van der Waals surface area contributed by atoms with Crippen molar-refractivity contribution in [1.29, 1.82) is 0 Å². The lowest BCUT2D eigenvalue weighted by molar-refractivity contribution is -0.121. The maximum Gasteiger partial charge on any atom is 0.139 e. The van der Waals surface area contributed by atoms with Crippen LogP contribution in [-0.4, -0.2) is 5.78 Å². The van der Waals surface area contributed by atoms with Crippen LogP contribution in [0.4, 0.5) is 0 Å². The number of carbonyl (C=O) groups is 1. The quantitative estimate of drug-likeness (QED) is 0.528. The molecule has 0 saturated carbocycles. The minimum absolute atomic E-state index is 0.168. The second-order valence-electron chi connectivity index (χ2n) is 3.65. The minimum atomic E-state index is 0.168. The topological polar surface area (TPSA) is 17.1 Å². The van der Waals surface area contributed by atoms with Gasteiger partial charge < -0.3 is 0 Å². The molecular weight excluding hydrogens is 136 g/mol. The highest BCUT2D eigenvalue weighted by molar-refractivity contribution is 5.83. The lowest BCUT2D eigenvalue weighted by Crippen LogP contribution is -2.15. The minimum Gasteiger partial charge on any atom is -0.299 e. The first-order valence-corrected chi connectivity index (χ1v) is 4.34. The number of ketones is 1. The molecule has 62 valence electrons. The molecule has 0 N–H and O–H groups in total. The molecule has 0 aliphatic heterocycles. The molecule has 0 heterocycles. The van der Waals surface area contributed by atoms with Crippen molar-refractivity contribution in [2.75, 3.05) is 0 Å². The van der Waals surface area contributed by atoms with Gasteiger partial charge in [-0.25, -0.2) is 0 Å². The van der Waals surface area contributed by atoms with Gasteiger partial charge in [-0.2, -0.15) is 0 Å². The van der Waals surface area contributed by atoms with Crippen LogP contribution in [0.5, 0.6) is 0 Å². The molecule has 1 rings (SSSR count). The number of allylic oxidation sites excluding steroid dienone is 2. The van der Waals surface area contributed by atoms with Gasteiger partial charge >= 0.3 is 0 Å². The summed E-state index contributed by atoms with van der Waals surface area (Å²) in [4.78, 5) is 11.1. The van der Waals surface area contributed by atoms with Gasteiger partial charge in [0, 0.05) is 12.3 Å². The van der Waals surface area contributed by atoms with Crippen LogP contribution in [-0.2, 0) is 4.79 Å². The van der Waals surface area contributed by atoms with Crippen LogP contribution < -0.4 is 0 Å². The Hall–Kier alpha value is -0.590. The highest BCUT2D eigenvalue weighted by Gasteiger charge is 2.18. The molecule has 0 radical (unpaired) electrons. The van der Waals surface area contributed by atoms with Crippen molar-refractivity contribution in [3.63, 3.8) is 0 Å². The molecule has 0 aromatic rings. The fourth-order valence-corrected chi connectivity index (χ4v) is 1.47. The van der Waals surface area contributed by atoms with E-state index in [-0.39, 0.29) is 5.92 Å². The molecule has 1 aliphatic rings. The monoisotopic (exact) mass is 152 g/mol. The largest absolute Gasteiger partial charge is 0.299 e. The Labute approximate surface area is 68.5 Å². The van der Waals surface area contributed by atoms with Crippen LogP contribution in [0.2, 0.25) is 0 Å². The fraction of sp³-hybridized carbons (Fsp3) is 0.700. The normalized spacial score (nSPS) is 25.6. The molecule has 0 amide bonds. The van der Waals surface area contributed by atoms with Crippen LogP contribution in [0, 0.1) is 11.8 Å². The molecule has 1 atom stereocenters. The Balaban J connectivity index is 2.71. The zero-order valence-electron chi connectivity index (χ0n) is 7.55. The van der Waals surface area contributed by atoms with E-state index in [9.17, 15) is 4.79 Å². The highest BCUT2D eigenvalue weighted by atomic mass is 16.1. The number of Topliss-reactive ketones (excluding diaryl/α,β-unsaturated/α-hetero) is 1. The Morgan fingerprint density at radius 3 is 2.55 bits per heavy atom. The number of carbonyl (C=O) groups excluding carboxylic acids is 1. The van der Waals surface area contributed by atoms with E-state index < -0.39 is 0 Å². The van der Waals surface area contributed by atoms with Crippen molar-refractivity contribution in [2.24, 2.45) is 11.8 Å². The predicted octanol–water partition coefficient (Wildman–Crippen LogP) is 2.57. The SMILES string of the molecule is CC(C)C1=CC(C)C(=O)CC1. The summed E-state index contributed by atoms with van der Waals surface area (Å²) in [7, 11) is 0. The summed E-state index contributed by atoms with van der Waals surface area (Å²) in [6.07, 6.45) is 3.88. The van der Waals surface area contributed by atoms with Crippen molar-refractivity contribution >= 4 is 5.78 Å². The van der Waals surface area contributed by atoms with Gasteiger partial charge in [0.05, 0.1) is 0 Å². The molecule has 0 fully saturated rings. The number of hydrogen-bond donors (Lipinski definition) is 0. The fourth-order valence-electron chi connectivity index (χ4n) is 1.47. The lowest BCUT2D eigenvalue weighted by Gasteiger charge is -2.19. The molecular formula is C10H16O. The van der Waals surface area contributed by atoms with E-state index >= 15 is 0 Å². The zero-order valence-corrected chi connectivity index (χ0v) is 7.55. The van der Waals surface area contributed by atoms with E-state index in [0.29, 0.717) is 11.7 Å². The van der Waals surface area contributed by atoms with Gasteiger partial charge in [0.15, 0.2) is 0 Å². The molecule has 1 heteroatoms. The summed E-state index contributed by atoms with van der Waals surface area (Å²) in [6, 6.07) is 0. The smallest absolute Gasteiger partial charge is 0.139 e. The third-order valence-corrected chi connectivity index (χ3v) is 2.37. The molecule has 0 bridgehead atoms. The first kappa shape index (κ1) is 8.51. The Morgan fingerprint density at radius 1 is 1.45 bits per heavy atom. The van der Waals surface area contributed by atoms with E-state index in [1.54, 1.807) is 0 Å². The zero-order chi connectivity index (χ0) is 8.43. The molecule has 11 heavy (non-hydrogen) atoms. The number of hydrogen-bond acceptors (Lipinski definition) is 1. The van der Waals surface area contributed by atoms with Gasteiger partial charge in [-0.1, -0.05) is 32.4 Å². The van der Waals surface area contributed by atoms with E-state index in [0.717, 1.165) is 12.8 Å². The standard InChI is InChI=1S/C10H16O/c1-7(2)9-4-5-10(11)8(3)6-9/h6-8H,4-5H2,1-3H3. The van der Waals surface area contributed by atoms with E-state index in [1.165, 1.54) is 5.57 Å². The summed E-state index contributed by atoms with van der Waals surface area (Å²) in [5, 5.41) is 0. The van der Waals surface area contributed by atoms with Gasteiger partial charge in [0.1, 0.15) is 5.78 Å². The van der Waals surface area contributed by atoms with Crippen molar-refractivity contribution in [3.05, 3.63) is 11.6 Å². The third kappa shape index (κ3) is 1.92. The van der Waals surface area contributed by atoms with E-state index in [1.807, 2.05) is 6.92 Å². The van der Waals surface area contributed by atoms with Crippen LogP contribution >= 0.6 is 0 Å². The van der Waals surface area contributed by atoms with E-state index in [4.69, 9.17) is 0 Å². The van der Waals surface area contributed by atoms with Crippen LogP contribution in [0.25, 0.3) is 0 Å². The molecule has 0 aromatic carbocycles. The van der Waals surface area contributed by atoms with Gasteiger partial charge in [0.2, 0.25) is 0 Å². The van der Waals surface area contributed by atoms with Crippen molar-refractivity contribution in [2.45, 2.75) is 33.6 Å². The summed E-state index contributed by atoms with van der Waals surface area (Å²) >= 11 is 0. The lowest BCUT2D eigenvalue weighted by atomic mass is 9.86. The summed E-state index contributed by atoms with van der Waals surface area (Å²) < 4.78 is 0. The highest BCUT2D eigenvalue weighted by Crippen LogP contribution is 2.24. The molecule has 1 aliphatic carbocycles. The summed E-state index contributed by atoms with van der Waals surface area (Å²) in [5.41, 5.74) is 1.46.